The second-order valence-corrected chi connectivity index (χ2v) is 4.91. The number of carbonyl (C=O) groups is 1. The topological polar surface area (TPSA) is 59.6 Å². The molecule has 0 saturated heterocycles. The predicted octanol–water partition coefficient (Wildman–Crippen LogP) is 3.35. The van der Waals surface area contributed by atoms with Crippen molar-refractivity contribution in [2.24, 2.45) is 0 Å². The standard InChI is InChI=1S/C17H18F2N2O3/c1-23-15-5-3-4-11(16(15)24-2)8-9-20-17(22)21-14-10-12(18)6-7-13(14)19/h3-7,10H,8-9H2,1-2H3,(H2,20,21,22). The number of ether oxygens (including phenoxy) is 2. The van der Waals surface area contributed by atoms with Gasteiger partial charge in [-0.1, -0.05) is 12.1 Å². The van der Waals surface area contributed by atoms with Crippen molar-refractivity contribution in [1.82, 2.24) is 5.32 Å². The fraction of sp³-hybridized carbons (Fsp3) is 0.235. The molecule has 5 nitrogen and oxygen atoms in total. The van der Waals surface area contributed by atoms with Crippen molar-refractivity contribution < 1.29 is 23.0 Å². The first kappa shape index (κ1) is 17.5. The molecule has 0 radical (unpaired) electrons. The van der Waals surface area contributed by atoms with E-state index in [4.69, 9.17) is 9.47 Å². The van der Waals surface area contributed by atoms with Crippen LogP contribution in [0.3, 0.4) is 0 Å². The maximum Gasteiger partial charge on any atom is 0.319 e. The number of urea groups is 1. The van der Waals surface area contributed by atoms with E-state index in [1.807, 2.05) is 12.1 Å². The second-order valence-electron chi connectivity index (χ2n) is 4.91. The first-order valence-corrected chi connectivity index (χ1v) is 7.25. The Morgan fingerprint density at radius 2 is 1.92 bits per heavy atom. The molecular weight excluding hydrogens is 318 g/mol. The molecule has 0 fully saturated rings. The van der Waals surface area contributed by atoms with Gasteiger partial charge in [-0.3, -0.25) is 0 Å². The minimum atomic E-state index is -0.707. The molecule has 0 aliphatic heterocycles. The molecule has 7 heteroatoms. The number of anilines is 1. The van der Waals surface area contributed by atoms with Crippen LogP contribution in [-0.2, 0) is 6.42 Å². The highest BCUT2D eigenvalue weighted by molar-refractivity contribution is 5.89. The van der Waals surface area contributed by atoms with Gasteiger partial charge in [0.15, 0.2) is 11.5 Å². The highest BCUT2D eigenvalue weighted by Gasteiger charge is 2.11. The zero-order chi connectivity index (χ0) is 17.5. The minimum Gasteiger partial charge on any atom is -0.493 e. The minimum absolute atomic E-state index is 0.216. The maximum atomic E-state index is 13.5. The van der Waals surface area contributed by atoms with Crippen LogP contribution in [0.25, 0.3) is 0 Å². The summed E-state index contributed by atoms with van der Waals surface area (Å²) in [7, 11) is 3.08. The van der Waals surface area contributed by atoms with Crippen LogP contribution < -0.4 is 20.1 Å². The zero-order valence-electron chi connectivity index (χ0n) is 13.4. The van der Waals surface area contributed by atoms with Crippen LogP contribution in [0.2, 0.25) is 0 Å². The summed E-state index contributed by atoms with van der Waals surface area (Å²) in [4.78, 5) is 11.8. The molecule has 0 heterocycles. The molecule has 2 amide bonds. The summed E-state index contributed by atoms with van der Waals surface area (Å²) in [5.41, 5.74) is 0.639. The zero-order valence-corrected chi connectivity index (χ0v) is 13.4. The van der Waals surface area contributed by atoms with Gasteiger partial charge in [0.1, 0.15) is 11.6 Å². The fourth-order valence-electron chi connectivity index (χ4n) is 2.22. The number of amides is 2. The highest BCUT2D eigenvalue weighted by Crippen LogP contribution is 2.30. The number of methoxy groups -OCH3 is 2. The highest BCUT2D eigenvalue weighted by atomic mass is 19.1. The van der Waals surface area contributed by atoms with Gasteiger partial charge < -0.3 is 20.1 Å². The van der Waals surface area contributed by atoms with Gasteiger partial charge in [0.05, 0.1) is 19.9 Å². The van der Waals surface area contributed by atoms with Crippen LogP contribution in [0, 0.1) is 11.6 Å². The van der Waals surface area contributed by atoms with E-state index in [9.17, 15) is 13.6 Å². The van der Waals surface area contributed by atoms with E-state index in [0.29, 0.717) is 17.9 Å². The Hall–Kier alpha value is -2.83. The lowest BCUT2D eigenvalue weighted by Crippen LogP contribution is -2.30. The lowest BCUT2D eigenvalue weighted by molar-refractivity contribution is 0.252. The Morgan fingerprint density at radius 1 is 1.12 bits per heavy atom. The fourth-order valence-corrected chi connectivity index (χ4v) is 2.22. The maximum absolute atomic E-state index is 13.5. The summed E-state index contributed by atoms with van der Waals surface area (Å²) in [6, 6.07) is 7.67. The summed E-state index contributed by atoms with van der Waals surface area (Å²) in [6.45, 7) is 0.284. The molecule has 0 aromatic heterocycles. The predicted molar refractivity (Wildman–Crippen MR) is 86.6 cm³/mol. The first-order chi connectivity index (χ1) is 11.5. The van der Waals surface area contributed by atoms with Crippen molar-refractivity contribution in [3.8, 4) is 11.5 Å². The molecule has 2 N–H and O–H groups in total. The molecule has 2 aromatic rings. The van der Waals surface area contributed by atoms with Crippen molar-refractivity contribution in [1.29, 1.82) is 0 Å². The Balaban J connectivity index is 1.92. The molecule has 0 spiro atoms. The number of para-hydroxylation sites is 1. The number of hydrogen-bond donors (Lipinski definition) is 2. The molecule has 0 aliphatic rings. The number of benzene rings is 2. The van der Waals surface area contributed by atoms with E-state index in [0.717, 1.165) is 23.8 Å². The van der Waals surface area contributed by atoms with Crippen molar-refractivity contribution in [2.45, 2.75) is 6.42 Å². The summed E-state index contributed by atoms with van der Waals surface area (Å²) < 4.78 is 37.0. The van der Waals surface area contributed by atoms with Gasteiger partial charge in [-0.15, -0.1) is 0 Å². The Labute approximate surface area is 138 Å². The van der Waals surface area contributed by atoms with E-state index in [-0.39, 0.29) is 12.2 Å². The lowest BCUT2D eigenvalue weighted by atomic mass is 10.1. The van der Waals surface area contributed by atoms with Gasteiger partial charge in [0.25, 0.3) is 0 Å². The summed E-state index contributed by atoms with van der Waals surface area (Å²) in [6.07, 6.45) is 0.486. The van der Waals surface area contributed by atoms with Crippen molar-refractivity contribution in [3.63, 3.8) is 0 Å². The monoisotopic (exact) mass is 336 g/mol. The van der Waals surface area contributed by atoms with E-state index in [1.54, 1.807) is 13.2 Å². The van der Waals surface area contributed by atoms with Crippen molar-refractivity contribution >= 4 is 11.7 Å². The third-order valence-electron chi connectivity index (χ3n) is 3.34. The van der Waals surface area contributed by atoms with Gasteiger partial charge in [-0.2, -0.15) is 0 Å². The van der Waals surface area contributed by atoms with Gasteiger partial charge in [0, 0.05) is 12.6 Å². The van der Waals surface area contributed by atoms with Gasteiger partial charge in [-0.25, -0.2) is 13.6 Å². The number of hydrogen-bond acceptors (Lipinski definition) is 3. The van der Waals surface area contributed by atoms with Crippen LogP contribution in [0.4, 0.5) is 19.3 Å². The molecule has 2 rings (SSSR count). The lowest BCUT2D eigenvalue weighted by Gasteiger charge is -2.13. The third-order valence-corrected chi connectivity index (χ3v) is 3.34. The Morgan fingerprint density at radius 3 is 2.62 bits per heavy atom. The van der Waals surface area contributed by atoms with Crippen LogP contribution >= 0.6 is 0 Å². The van der Waals surface area contributed by atoms with Crippen molar-refractivity contribution in [3.05, 3.63) is 53.6 Å². The van der Waals surface area contributed by atoms with Crippen LogP contribution in [0.5, 0.6) is 11.5 Å². The average Bonchev–Trinajstić information content (AvgIpc) is 2.57. The molecular formula is C17H18F2N2O3. The quantitative estimate of drug-likeness (QED) is 0.850. The molecule has 0 bridgehead atoms. The molecule has 24 heavy (non-hydrogen) atoms. The average molecular weight is 336 g/mol. The van der Waals surface area contributed by atoms with Crippen LogP contribution in [-0.4, -0.2) is 26.8 Å². The SMILES string of the molecule is COc1cccc(CCNC(=O)Nc2cc(F)ccc2F)c1OC. The molecule has 0 unspecified atom stereocenters. The summed E-state index contributed by atoms with van der Waals surface area (Å²) in [5.74, 6) is -0.145. The van der Waals surface area contributed by atoms with E-state index >= 15 is 0 Å². The smallest absolute Gasteiger partial charge is 0.319 e. The van der Waals surface area contributed by atoms with Crippen LogP contribution in [0.1, 0.15) is 5.56 Å². The Kier molecular flexibility index (Phi) is 5.95. The second kappa shape index (κ2) is 8.14. The van der Waals surface area contributed by atoms with E-state index < -0.39 is 17.7 Å². The third kappa shape index (κ3) is 4.34. The molecule has 0 aliphatic carbocycles. The van der Waals surface area contributed by atoms with Crippen LogP contribution in [0.15, 0.2) is 36.4 Å². The number of rotatable bonds is 6. The first-order valence-electron chi connectivity index (χ1n) is 7.25. The largest absolute Gasteiger partial charge is 0.493 e. The number of nitrogens with one attached hydrogen (secondary N) is 2. The van der Waals surface area contributed by atoms with E-state index in [1.165, 1.54) is 7.11 Å². The Bertz CT molecular complexity index is 723. The van der Waals surface area contributed by atoms with E-state index in [2.05, 4.69) is 10.6 Å². The molecule has 0 atom stereocenters. The molecule has 0 saturated carbocycles. The normalized spacial score (nSPS) is 10.2. The van der Waals surface area contributed by atoms with Gasteiger partial charge in [-0.05, 0) is 30.2 Å². The summed E-state index contributed by atoms with van der Waals surface area (Å²) >= 11 is 0. The van der Waals surface area contributed by atoms with Crippen molar-refractivity contribution in [2.75, 3.05) is 26.1 Å². The summed E-state index contributed by atoms with van der Waals surface area (Å²) in [5, 5.41) is 4.85. The molecule has 2 aromatic carbocycles. The van der Waals surface area contributed by atoms with Gasteiger partial charge >= 0.3 is 6.03 Å². The number of halogens is 2. The van der Waals surface area contributed by atoms with Gasteiger partial charge in [0.2, 0.25) is 0 Å². The number of carbonyl (C=O) groups excluding carboxylic acids is 1. The molecule has 128 valence electrons.